The van der Waals surface area contributed by atoms with Crippen LogP contribution in [0.5, 0.6) is 5.75 Å². The average molecular weight is 262 g/mol. The van der Waals surface area contributed by atoms with Crippen molar-refractivity contribution in [1.29, 1.82) is 0 Å². The molecular weight excluding hydrogens is 240 g/mol. The van der Waals surface area contributed by atoms with Gasteiger partial charge in [0.1, 0.15) is 5.75 Å². The highest BCUT2D eigenvalue weighted by Gasteiger charge is 2.27. The zero-order valence-corrected chi connectivity index (χ0v) is 11.8. The smallest absolute Gasteiger partial charge is 0.256 e. The molecule has 0 spiro atoms. The van der Waals surface area contributed by atoms with Gasteiger partial charge in [-0.1, -0.05) is 13.8 Å². The van der Waals surface area contributed by atoms with Gasteiger partial charge >= 0.3 is 0 Å². The van der Waals surface area contributed by atoms with Gasteiger partial charge in [0.2, 0.25) is 0 Å². The number of piperidine rings is 1. The second-order valence-electron chi connectivity index (χ2n) is 5.45. The van der Waals surface area contributed by atoms with E-state index < -0.39 is 0 Å². The molecule has 0 radical (unpaired) electrons. The van der Waals surface area contributed by atoms with E-state index in [4.69, 9.17) is 10.5 Å². The fourth-order valence-electron chi connectivity index (χ4n) is 2.47. The van der Waals surface area contributed by atoms with Crippen molar-refractivity contribution >= 4 is 11.6 Å². The molecule has 1 saturated heterocycles. The molecule has 1 amide bonds. The Hall–Kier alpha value is -1.71. The number of amides is 1. The maximum absolute atomic E-state index is 12.5. The predicted molar refractivity (Wildman–Crippen MR) is 76.3 cm³/mol. The fraction of sp³-hybridized carbons (Fsp3) is 0.533. The molecule has 1 aliphatic heterocycles. The van der Waals surface area contributed by atoms with Crippen molar-refractivity contribution in [3.8, 4) is 5.75 Å². The van der Waals surface area contributed by atoms with E-state index in [2.05, 4.69) is 13.8 Å². The Morgan fingerprint density at radius 1 is 1.37 bits per heavy atom. The van der Waals surface area contributed by atoms with Gasteiger partial charge in [0.25, 0.3) is 5.91 Å². The van der Waals surface area contributed by atoms with Gasteiger partial charge < -0.3 is 15.4 Å². The molecule has 0 saturated carbocycles. The van der Waals surface area contributed by atoms with Crippen LogP contribution in [0.3, 0.4) is 0 Å². The molecule has 0 aliphatic carbocycles. The molecule has 104 valence electrons. The number of nitrogen functional groups attached to an aromatic ring is 1. The summed E-state index contributed by atoms with van der Waals surface area (Å²) in [4.78, 5) is 14.4. The lowest BCUT2D eigenvalue weighted by Gasteiger charge is -2.35. The summed E-state index contributed by atoms with van der Waals surface area (Å²) < 4.78 is 5.16. The van der Waals surface area contributed by atoms with E-state index in [-0.39, 0.29) is 5.91 Å². The number of likely N-dealkylation sites (tertiary alicyclic amines) is 1. The molecule has 4 nitrogen and oxygen atoms in total. The summed E-state index contributed by atoms with van der Waals surface area (Å²) in [5.41, 5.74) is 6.96. The van der Waals surface area contributed by atoms with Crippen molar-refractivity contribution in [2.24, 2.45) is 11.8 Å². The van der Waals surface area contributed by atoms with Crippen LogP contribution in [0, 0.1) is 11.8 Å². The fourth-order valence-corrected chi connectivity index (χ4v) is 2.47. The minimum Gasteiger partial charge on any atom is -0.497 e. The maximum atomic E-state index is 12.5. The third-order valence-electron chi connectivity index (χ3n) is 4.11. The van der Waals surface area contributed by atoms with E-state index in [1.807, 2.05) is 4.90 Å². The van der Waals surface area contributed by atoms with Gasteiger partial charge in [-0.25, -0.2) is 0 Å². The van der Waals surface area contributed by atoms with Crippen LogP contribution in [0.1, 0.15) is 30.6 Å². The Morgan fingerprint density at radius 3 is 2.74 bits per heavy atom. The average Bonchev–Trinajstić information content (AvgIpc) is 2.41. The Kier molecular flexibility index (Phi) is 3.98. The number of hydrogen-bond donors (Lipinski definition) is 1. The first-order valence-electron chi connectivity index (χ1n) is 6.75. The van der Waals surface area contributed by atoms with Crippen molar-refractivity contribution in [2.45, 2.75) is 20.3 Å². The van der Waals surface area contributed by atoms with E-state index >= 15 is 0 Å². The van der Waals surface area contributed by atoms with Crippen molar-refractivity contribution in [3.05, 3.63) is 23.8 Å². The van der Waals surface area contributed by atoms with Crippen molar-refractivity contribution < 1.29 is 9.53 Å². The predicted octanol–water partition coefficient (Wildman–Crippen LogP) is 2.40. The summed E-state index contributed by atoms with van der Waals surface area (Å²) in [6.45, 7) is 6.04. The van der Waals surface area contributed by atoms with Gasteiger partial charge in [0, 0.05) is 18.8 Å². The number of anilines is 1. The number of benzene rings is 1. The molecule has 1 aromatic carbocycles. The van der Waals surface area contributed by atoms with Gasteiger partial charge in [-0.15, -0.1) is 0 Å². The maximum Gasteiger partial charge on any atom is 0.256 e. The molecule has 1 aromatic rings. The Bertz CT molecular complexity index is 473. The molecule has 2 unspecified atom stereocenters. The van der Waals surface area contributed by atoms with Crippen LogP contribution in [0.2, 0.25) is 0 Å². The number of ether oxygens (including phenoxy) is 1. The molecule has 0 bridgehead atoms. The van der Waals surface area contributed by atoms with Crippen molar-refractivity contribution in [2.75, 3.05) is 25.9 Å². The van der Waals surface area contributed by atoms with E-state index in [0.717, 1.165) is 19.5 Å². The van der Waals surface area contributed by atoms with Gasteiger partial charge in [-0.2, -0.15) is 0 Å². The number of nitrogens with two attached hydrogens (primary N) is 1. The van der Waals surface area contributed by atoms with Crippen LogP contribution in [-0.2, 0) is 0 Å². The molecule has 0 aromatic heterocycles. The monoisotopic (exact) mass is 262 g/mol. The minimum absolute atomic E-state index is 0.00940. The number of rotatable bonds is 2. The Labute approximate surface area is 114 Å². The number of hydrogen-bond acceptors (Lipinski definition) is 3. The van der Waals surface area contributed by atoms with Crippen molar-refractivity contribution in [1.82, 2.24) is 4.90 Å². The van der Waals surface area contributed by atoms with Crippen LogP contribution in [-0.4, -0.2) is 31.0 Å². The number of carbonyl (C=O) groups is 1. The minimum atomic E-state index is 0.00940. The summed E-state index contributed by atoms with van der Waals surface area (Å²) >= 11 is 0. The molecule has 2 rings (SSSR count). The van der Waals surface area contributed by atoms with E-state index in [0.29, 0.717) is 28.8 Å². The van der Waals surface area contributed by atoms with Crippen molar-refractivity contribution in [3.63, 3.8) is 0 Å². The standard InChI is InChI=1S/C15H22N2O2/c1-10-6-7-17(9-11(10)2)15(18)13-8-12(19-3)4-5-14(13)16/h4-5,8,10-11H,6-7,9,16H2,1-3H3. The third-order valence-corrected chi connectivity index (χ3v) is 4.11. The summed E-state index contributed by atoms with van der Waals surface area (Å²) in [7, 11) is 1.59. The molecule has 1 aliphatic rings. The molecule has 19 heavy (non-hydrogen) atoms. The summed E-state index contributed by atoms with van der Waals surface area (Å²) in [6, 6.07) is 5.22. The second kappa shape index (κ2) is 5.51. The van der Waals surface area contributed by atoms with E-state index in [1.165, 1.54) is 0 Å². The number of methoxy groups -OCH3 is 1. The van der Waals surface area contributed by atoms with Gasteiger partial charge in [0.05, 0.1) is 12.7 Å². The third kappa shape index (κ3) is 2.83. The summed E-state index contributed by atoms with van der Waals surface area (Å²) in [5.74, 6) is 1.88. The molecule has 4 heteroatoms. The van der Waals surface area contributed by atoms with E-state index in [9.17, 15) is 4.79 Å². The van der Waals surface area contributed by atoms with Gasteiger partial charge in [-0.3, -0.25) is 4.79 Å². The highest BCUT2D eigenvalue weighted by Crippen LogP contribution is 2.26. The van der Waals surface area contributed by atoms with Crippen LogP contribution >= 0.6 is 0 Å². The highest BCUT2D eigenvalue weighted by molar-refractivity contribution is 5.99. The lowest BCUT2D eigenvalue weighted by Crippen LogP contribution is -2.42. The zero-order chi connectivity index (χ0) is 14.0. The van der Waals surface area contributed by atoms with Gasteiger partial charge in [0.15, 0.2) is 0 Å². The lowest BCUT2D eigenvalue weighted by molar-refractivity contribution is 0.0628. The number of carbonyl (C=O) groups excluding carboxylic acids is 1. The largest absolute Gasteiger partial charge is 0.497 e. The Morgan fingerprint density at radius 2 is 2.11 bits per heavy atom. The summed E-state index contributed by atoms with van der Waals surface area (Å²) in [6.07, 6.45) is 1.05. The first-order chi connectivity index (χ1) is 9.02. The quantitative estimate of drug-likeness (QED) is 0.833. The molecule has 1 fully saturated rings. The summed E-state index contributed by atoms with van der Waals surface area (Å²) in [5, 5.41) is 0. The van der Waals surface area contributed by atoms with Crippen LogP contribution in [0.25, 0.3) is 0 Å². The zero-order valence-electron chi connectivity index (χ0n) is 11.8. The SMILES string of the molecule is COc1ccc(N)c(C(=O)N2CCC(C)C(C)C2)c1. The first-order valence-corrected chi connectivity index (χ1v) is 6.75. The Balaban J connectivity index is 2.20. The topological polar surface area (TPSA) is 55.6 Å². The highest BCUT2D eigenvalue weighted by atomic mass is 16.5. The molecular formula is C15H22N2O2. The van der Waals surface area contributed by atoms with Crippen LogP contribution in [0.15, 0.2) is 18.2 Å². The van der Waals surface area contributed by atoms with Gasteiger partial charge in [-0.05, 0) is 36.5 Å². The molecule has 2 N–H and O–H groups in total. The van der Waals surface area contributed by atoms with Crippen LogP contribution in [0.4, 0.5) is 5.69 Å². The van der Waals surface area contributed by atoms with Crippen LogP contribution < -0.4 is 10.5 Å². The number of nitrogens with zero attached hydrogens (tertiary/aromatic N) is 1. The molecule has 1 heterocycles. The molecule has 2 atom stereocenters. The first kappa shape index (κ1) is 13.7. The normalized spacial score (nSPS) is 23.2. The van der Waals surface area contributed by atoms with E-state index in [1.54, 1.807) is 25.3 Å². The second-order valence-corrected chi connectivity index (χ2v) is 5.45. The lowest BCUT2D eigenvalue weighted by atomic mass is 9.88.